The van der Waals surface area contributed by atoms with E-state index in [0.29, 0.717) is 26.3 Å². The van der Waals surface area contributed by atoms with Gasteiger partial charge in [-0.05, 0) is 31.9 Å². The lowest BCUT2D eigenvalue weighted by molar-refractivity contribution is -0.134. The molecule has 24 heavy (non-hydrogen) atoms. The average Bonchev–Trinajstić information content (AvgIpc) is 2.95. The SMILES string of the molecule is Cc1ccc(C)c2c(C)c(C(=O)NCC(=O)N3CCOCC3)oc12. The van der Waals surface area contributed by atoms with Crippen molar-refractivity contribution in [2.45, 2.75) is 20.8 Å². The number of nitrogens with zero attached hydrogens (tertiary/aromatic N) is 1. The Hall–Kier alpha value is -2.34. The molecule has 1 aromatic heterocycles. The van der Waals surface area contributed by atoms with Crippen molar-refractivity contribution < 1.29 is 18.7 Å². The van der Waals surface area contributed by atoms with Crippen molar-refractivity contribution in [1.82, 2.24) is 10.2 Å². The highest BCUT2D eigenvalue weighted by molar-refractivity contribution is 6.01. The summed E-state index contributed by atoms with van der Waals surface area (Å²) in [5, 5.41) is 3.64. The lowest BCUT2D eigenvalue weighted by atomic mass is 10.0. The van der Waals surface area contributed by atoms with Crippen molar-refractivity contribution in [1.29, 1.82) is 0 Å². The second kappa shape index (κ2) is 6.65. The standard InChI is InChI=1S/C18H22N2O4/c1-11-4-5-12(2)16-15(11)13(3)17(24-16)18(22)19-10-14(21)20-6-8-23-9-7-20/h4-5H,6-10H2,1-3H3,(H,19,22). The normalized spacial score (nSPS) is 14.9. The second-order valence-corrected chi connectivity index (χ2v) is 6.14. The Morgan fingerprint density at radius 2 is 1.79 bits per heavy atom. The minimum atomic E-state index is -0.357. The van der Waals surface area contributed by atoms with E-state index < -0.39 is 0 Å². The third kappa shape index (κ3) is 3.01. The molecule has 1 aliphatic heterocycles. The molecule has 6 heteroatoms. The van der Waals surface area contributed by atoms with E-state index in [9.17, 15) is 9.59 Å². The summed E-state index contributed by atoms with van der Waals surface area (Å²) in [7, 11) is 0. The van der Waals surface area contributed by atoms with Crippen LogP contribution in [0.15, 0.2) is 16.5 Å². The summed E-state index contributed by atoms with van der Waals surface area (Å²) in [5.41, 5.74) is 3.60. The first-order valence-corrected chi connectivity index (χ1v) is 8.12. The van der Waals surface area contributed by atoms with Crippen molar-refractivity contribution in [2.75, 3.05) is 32.8 Å². The molecule has 0 aliphatic carbocycles. The predicted molar refractivity (Wildman–Crippen MR) is 90.2 cm³/mol. The van der Waals surface area contributed by atoms with Crippen LogP contribution in [0.25, 0.3) is 11.0 Å². The van der Waals surface area contributed by atoms with Gasteiger partial charge in [-0.25, -0.2) is 0 Å². The largest absolute Gasteiger partial charge is 0.450 e. The maximum Gasteiger partial charge on any atom is 0.287 e. The molecule has 0 atom stereocenters. The smallest absolute Gasteiger partial charge is 0.287 e. The number of carbonyl (C=O) groups excluding carboxylic acids is 2. The first-order chi connectivity index (χ1) is 11.5. The van der Waals surface area contributed by atoms with E-state index >= 15 is 0 Å². The number of fused-ring (bicyclic) bond motifs is 1. The van der Waals surface area contributed by atoms with Crippen LogP contribution in [0.3, 0.4) is 0 Å². The fourth-order valence-corrected chi connectivity index (χ4v) is 3.05. The van der Waals surface area contributed by atoms with Crippen LogP contribution in [0, 0.1) is 20.8 Å². The molecular formula is C18H22N2O4. The molecule has 0 unspecified atom stereocenters. The van der Waals surface area contributed by atoms with Crippen LogP contribution in [0.2, 0.25) is 0 Å². The van der Waals surface area contributed by atoms with Gasteiger partial charge in [-0.2, -0.15) is 0 Å². The molecule has 1 aliphatic rings. The summed E-state index contributed by atoms with van der Waals surface area (Å²) in [6, 6.07) is 3.99. The highest BCUT2D eigenvalue weighted by atomic mass is 16.5. The Morgan fingerprint density at radius 1 is 1.12 bits per heavy atom. The van der Waals surface area contributed by atoms with Gasteiger partial charge in [0, 0.05) is 24.0 Å². The van der Waals surface area contributed by atoms with Gasteiger partial charge in [-0.3, -0.25) is 9.59 Å². The number of nitrogens with one attached hydrogen (secondary N) is 1. The molecule has 1 fully saturated rings. The summed E-state index contributed by atoms with van der Waals surface area (Å²) < 4.78 is 11.0. The van der Waals surface area contributed by atoms with Gasteiger partial charge in [0.2, 0.25) is 5.91 Å². The summed E-state index contributed by atoms with van der Waals surface area (Å²) in [6.45, 7) is 8.00. The molecule has 1 saturated heterocycles. The van der Waals surface area contributed by atoms with Gasteiger partial charge in [0.05, 0.1) is 19.8 Å². The Morgan fingerprint density at radius 3 is 2.46 bits per heavy atom. The molecule has 0 bridgehead atoms. The molecule has 3 rings (SSSR count). The highest BCUT2D eigenvalue weighted by Crippen LogP contribution is 2.30. The molecule has 6 nitrogen and oxygen atoms in total. The van der Waals surface area contributed by atoms with E-state index in [4.69, 9.17) is 9.15 Å². The molecule has 0 saturated carbocycles. The van der Waals surface area contributed by atoms with Crippen LogP contribution in [0.4, 0.5) is 0 Å². The number of rotatable bonds is 3. The van der Waals surface area contributed by atoms with Crippen molar-refractivity contribution in [2.24, 2.45) is 0 Å². The number of carbonyl (C=O) groups is 2. The van der Waals surface area contributed by atoms with Gasteiger partial charge in [0.1, 0.15) is 5.58 Å². The Bertz CT molecular complexity index is 788. The first-order valence-electron chi connectivity index (χ1n) is 8.12. The monoisotopic (exact) mass is 330 g/mol. The number of ether oxygens (including phenoxy) is 1. The Labute approximate surface area is 140 Å². The molecule has 0 radical (unpaired) electrons. The number of furan rings is 1. The number of hydrogen-bond donors (Lipinski definition) is 1. The third-order valence-electron chi connectivity index (χ3n) is 4.45. The number of morpholine rings is 1. The fourth-order valence-electron chi connectivity index (χ4n) is 3.05. The summed E-state index contributed by atoms with van der Waals surface area (Å²) >= 11 is 0. The lowest BCUT2D eigenvalue weighted by Crippen LogP contribution is -2.45. The topological polar surface area (TPSA) is 71.8 Å². The second-order valence-electron chi connectivity index (χ2n) is 6.14. The number of amides is 2. The van der Waals surface area contributed by atoms with Gasteiger partial charge in [0.15, 0.2) is 5.76 Å². The van der Waals surface area contributed by atoms with Crippen LogP contribution in [0.5, 0.6) is 0 Å². The summed E-state index contributed by atoms with van der Waals surface area (Å²) in [6.07, 6.45) is 0. The van der Waals surface area contributed by atoms with Crippen LogP contribution < -0.4 is 5.32 Å². The molecule has 1 aromatic carbocycles. The highest BCUT2D eigenvalue weighted by Gasteiger charge is 2.22. The zero-order chi connectivity index (χ0) is 17.3. The van der Waals surface area contributed by atoms with E-state index in [-0.39, 0.29) is 24.1 Å². The van der Waals surface area contributed by atoms with Crippen molar-refractivity contribution >= 4 is 22.8 Å². The maximum absolute atomic E-state index is 12.4. The number of benzene rings is 1. The quantitative estimate of drug-likeness (QED) is 0.934. The fraction of sp³-hybridized carbons (Fsp3) is 0.444. The van der Waals surface area contributed by atoms with Gasteiger partial charge < -0.3 is 19.4 Å². The Balaban J connectivity index is 1.74. The van der Waals surface area contributed by atoms with E-state index in [1.165, 1.54) is 0 Å². The summed E-state index contributed by atoms with van der Waals surface area (Å²) in [4.78, 5) is 26.3. The molecule has 2 amide bonds. The van der Waals surface area contributed by atoms with Crippen LogP contribution in [-0.2, 0) is 9.53 Å². The van der Waals surface area contributed by atoms with E-state index in [2.05, 4.69) is 5.32 Å². The molecule has 0 spiro atoms. The number of hydrogen-bond acceptors (Lipinski definition) is 4. The number of aryl methyl sites for hydroxylation is 3. The van der Waals surface area contributed by atoms with E-state index in [1.807, 2.05) is 32.9 Å². The molecular weight excluding hydrogens is 308 g/mol. The minimum absolute atomic E-state index is 0.0344. The van der Waals surface area contributed by atoms with Gasteiger partial charge in [0.25, 0.3) is 5.91 Å². The Kier molecular flexibility index (Phi) is 4.57. The predicted octanol–water partition coefficient (Wildman–Crippen LogP) is 1.95. The maximum atomic E-state index is 12.4. The molecule has 1 N–H and O–H groups in total. The lowest BCUT2D eigenvalue weighted by Gasteiger charge is -2.26. The van der Waals surface area contributed by atoms with Crippen molar-refractivity contribution in [3.63, 3.8) is 0 Å². The van der Waals surface area contributed by atoms with Gasteiger partial charge in [-0.15, -0.1) is 0 Å². The van der Waals surface area contributed by atoms with Crippen LogP contribution in [0.1, 0.15) is 27.2 Å². The summed E-state index contributed by atoms with van der Waals surface area (Å²) in [5.74, 6) is -0.186. The zero-order valence-electron chi connectivity index (χ0n) is 14.3. The van der Waals surface area contributed by atoms with Crippen LogP contribution in [-0.4, -0.2) is 49.6 Å². The van der Waals surface area contributed by atoms with Gasteiger partial charge >= 0.3 is 0 Å². The third-order valence-corrected chi connectivity index (χ3v) is 4.45. The van der Waals surface area contributed by atoms with Crippen molar-refractivity contribution in [3.05, 3.63) is 34.6 Å². The molecule has 128 valence electrons. The molecule has 2 aromatic rings. The zero-order valence-corrected chi connectivity index (χ0v) is 14.3. The minimum Gasteiger partial charge on any atom is -0.450 e. The van der Waals surface area contributed by atoms with Crippen molar-refractivity contribution in [3.8, 4) is 0 Å². The molecule has 2 heterocycles. The van der Waals surface area contributed by atoms with Crippen LogP contribution >= 0.6 is 0 Å². The van der Waals surface area contributed by atoms with Gasteiger partial charge in [-0.1, -0.05) is 12.1 Å². The van der Waals surface area contributed by atoms with E-state index in [1.54, 1.807) is 4.90 Å². The van der Waals surface area contributed by atoms with E-state index in [0.717, 1.165) is 27.7 Å². The first kappa shape index (κ1) is 16.5. The average molecular weight is 330 g/mol.